The fraction of sp³-hybridized carbons (Fsp3) is 0.955. The third-order valence-corrected chi connectivity index (χ3v) is 11.2. The predicted octanol–water partition coefficient (Wildman–Crippen LogP) is 12.2. The van der Waals surface area contributed by atoms with E-state index in [0.717, 1.165) is 83.8 Å². The molecule has 50 heavy (non-hydrogen) atoms. The van der Waals surface area contributed by atoms with E-state index in [1.54, 1.807) is 0 Å². The average Bonchev–Trinajstić information content (AvgIpc) is 3.50. The summed E-state index contributed by atoms with van der Waals surface area (Å²) in [6.07, 6.45) is 37.5. The maximum Gasteiger partial charge on any atom is 0.306 e. The minimum Gasteiger partial charge on any atom is -0.466 e. The molecular weight excluding hydrogens is 620 g/mol. The number of likely N-dealkylation sites (tertiary alicyclic amines) is 1. The van der Waals surface area contributed by atoms with Crippen molar-refractivity contribution in [2.45, 2.75) is 232 Å². The highest BCUT2D eigenvalue weighted by molar-refractivity contribution is 5.69. The van der Waals surface area contributed by atoms with Crippen LogP contribution in [0.5, 0.6) is 0 Å². The first-order chi connectivity index (χ1) is 24.5. The summed E-state index contributed by atoms with van der Waals surface area (Å²) in [6.45, 7) is 11.2. The van der Waals surface area contributed by atoms with Gasteiger partial charge in [0.15, 0.2) is 0 Å². The highest BCUT2D eigenvalue weighted by Crippen LogP contribution is 2.40. The fourth-order valence-corrected chi connectivity index (χ4v) is 7.97. The second kappa shape index (κ2) is 33.7. The average molecular weight is 707 g/mol. The lowest BCUT2D eigenvalue weighted by molar-refractivity contribution is -0.150. The second-order valence-electron chi connectivity index (χ2n) is 16.0. The van der Waals surface area contributed by atoms with Gasteiger partial charge in [0.05, 0.1) is 6.61 Å². The van der Waals surface area contributed by atoms with E-state index in [9.17, 15) is 9.59 Å². The second-order valence-corrected chi connectivity index (χ2v) is 16.0. The Hall–Kier alpha value is -1.14. The third-order valence-electron chi connectivity index (χ3n) is 11.2. The molecule has 0 radical (unpaired) electrons. The Morgan fingerprint density at radius 1 is 0.600 bits per heavy atom. The number of nitrogens with two attached hydrogens (primary N) is 1. The summed E-state index contributed by atoms with van der Waals surface area (Å²) in [7, 11) is 0. The molecule has 0 aromatic heterocycles. The van der Waals surface area contributed by atoms with E-state index in [1.807, 2.05) is 0 Å². The van der Waals surface area contributed by atoms with E-state index in [4.69, 9.17) is 15.2 Å². The maximum atomic E-state index is 12.9. The molecular formula is C44H86N2O4. The van der Waals surface area contributed by atoms with Gasteiger partial charge in [0.25, 0.3) is 0 Å². The summed E-state index contributed by atoms with van der Waals surface area (Å²) in [6, 6.07) is 0. The lowest BCUT2D eigenvalue weighted by atomic mass is 9.77. The molecule has 1 aliphatic rings. The van der Waals surface area contributed by atoms with Crippen LogP contribution in [0.3, 0.4) is 0 Å². The number of carbonyl (C=O) groups is 2. The molecule has 1 aliphatic heterocycles. The van der Waals surface area contributed by atoms with Gasteiger partial charge in [-0.15, -0.1) is 0 Å². The Bertz CT molecular complexity index is 761. The van der Waals surface area contributed by atoms with Crippen molar-refractivity contribution in [1.29, 1.82) is 0 Å². The monoisotopic (exact) mass is 707 g/mol. The normalized spacial score (nSPS) is 16.4. The smallest absolute Gasteiger partial charge is 0.306 e. The molecule has 0 amide bonds. The van der Waals surface area contributed by atoms with Crippen molar-refractivity contribution in [2.24, 2.45) is 11.1 Å². The van der Waals surface area contributed by atoms with Gasteiger partial charge in [-0.1, -0.05) is 149 Å². The van der Waals surface area contributed by atoms with Crippen LogP contribution in [0.15, 0.2) is 0 Å². The van der Waals surface area contributed by atoms with Gasteiger partial charge in [-0.2, -0.15) is 0 Å². The molecule has 1 rings (SSSR count). The molecule has 1 atom stereocenters. The van der Waals surface area contributed by atoms with E-state index in [2.05, 4.69) is 25.7 Å². The first-order valence-electron chi connectivity index (χ1n) is 22.3. The quantitative estimate of drug-likeness (QED) is 0.0511. The molecule has 0 aromatic carbocycles. The van der Waals surface area contributed by atoms with E-state index < -0.39 is 0 Å². The molecule has 2 N–H and O–H groups in total. The summed E-state index contributed by atoms with van der Waals surface area (Å²) in [4.78, 5) is 27.9. The number of rotatable bonds is 37. The Labute approximate surface area is 311 Å². The van der Waals surface area contributed by atoms with Gasteiger partial charge in [0.2, 0.25) is 0 Å². The summed E-state index contributed by atoms with van der Waals surface area (Å²) < 4.78 is 11.7. The van der Waals surface area contributed by atoms with E-state index in [1.165, 1.54) is 128 Å². The van der Waals surface area contributed by atoms with Gasteiger partial charge in [0.1, 0.15) is 6.10 Å². The van der Waals surface area contributed by atoms with E-state index in [0.29, 0.717) is 26.0 Å². The molecule has 1 unspecified atom stereocenters. The summed E-state index contributed by atoms with van der Waals surface area (Å²) in [5.74, 6) is -0.0149. The Balaban J connectivity index is 2.36. The number of esters is 2. The van der Waals surface area contributed by atoms with Crippen LogP contribution in [0, 0.1) is 5.41 Å². The lowest BCUT2D eigenvalue weighted by Crippen LogP contribution is -2.31. The SMILES string of the molecule is CCCCCCCCCCCOC(=O)CCCC1(CCCCCC(=O)OC(CCCCCCCC)CCCCCCCC)CCN(CCN)C1. The lowest BCUT2D eigenvalue weighted by Gasteiger charge is -2.30. The molecule has 6 heteroatoms. The molecule has 296 valence electrons. The molecule has 1 heterocycles. The highest BCUT2D eigenvalue weighted by atomic mass is 16.5. The minimum absolute atomic E-state index is 0.0117. The van der Waals surface area contributed by atoms with Crippen LogP contribution in [0.25, 0.3) is 0 Å². The Kier molecular flexibility index (Phi) is 31.6. The van der Waals surface area contributed by atoms with Crippen molar-refractivity contribution in [3.8, 4) is 0 Å². The van der Waals surface area contributed by atoms with E-state index >= 15 is 0 Å². The third kappa shape index (κ3) is 26.6. The number of unbranched alkanes of at least 4 members (excludes halogenated alkanes) is 20. The van der Waals surface area contributed by atoms with Crippen LogP contribution >= 0.6 is 0 Å². The van der Waals surface area contributed by atoms with Gasteiger partial charge >= 0.3 is 11.9 Å². The van der Waals surface area contributed by atoms with Crippen molar-refractivity contribution in [3.05, 3.63) is 0 Å². The predicted molar refractivity (Wildman–Crippen MR) is 214 cm³/mol. The molecule has 0 aromatic rings. The first kappa shape index (κ1) is 46.9. The topological polar surface area (TPSA) is 81.9 Å². The number of hydrogen-bond acceptors (Lipinski definition) is 6. The highest BCUT2D eigenvalue weighted by Gasteiger charge is 2.36. The van der Waals surface area contributed by atoms with Gasteiger partial charge in [-0.25, -0.2) is 0 Å². The summed E-state index contributed by atoms with van der Waals surface area (Å²) >= 11 is 0. The summed E-state index contributed by atoms with van der Waals surface area (Å²) in [5, 5.41) is 0. The molecule has 1 fully saturated rings. The Morgan fingerprint density at radius 3 is 1.64 bits per heavy atom. The Morgan fingerprint density at radius 2 is 1.08 bits per heavy atom. The van der Waals surface area contributed by atoms with Gasteiger partial charge in [-0.05, 0) is 76.2 Å². The molecule has 0 bridgehead atoms. The first-order valence-corrected chi connectivity index (χ1v) is 22.3. The molecule has 0 spiro atoms. The molecule has 1 saturated heterocycles. The van der Waals surface area contributed by atoms with Crippen LogP contribution in [0.4, 0.5) is 0 Å². The van der Waals surface area contributed by atoms with Gasteiger partial charge in [-0.3, -0.25) is 9.59 Å². The van der Waals surface area contributed by atoms with Gasteiger partial charge < -0.3 is 20.1 Å². The van der Waals surface area contributed by atoms with Crippen LogP contribution in [-0.4, -0.2) is 55.7 Å². The van der Waals surface area contributed by atoms with Crippen LogP contribution in [0.1, 0.15) is 226 Å². The molecule has 6 nitrogen and oxygen atoms in total. The van der Waals surface area contributed by atoms with Crippen molar-refractivity contribution >= 4 is 11.9 Å². The van der Waals surface area contributed by atoms with Gasteiger partial charge in [0, 0.05) is 32.5 Å². The minimum atomic E-state index is -0.0265. The summed E-state index contributed by atoms with van der Waals surface area (Å²) in [5.41, 5.74) is 6.16. The molecule has 0 aliphatic carbocycles. The van der Waals surface area contributed by atoms with Crippen LogP contribution in [-0.2, 0) is 19.1 Å². The fourth-order valence-electron chi connectivity index (χ4n) is 7.97. The van der Waals surface area contributed by atoms with Crippen molar-refractivity contribution in [2.75, 3.05) is 32.8 Å². The molecule has 0 saturated carbocycles. The van der Waals surface area contributed by atoms with Crippen LogP contribution in [0.2, 0.25) is 0 Å². The zero-order chi connectivity index (χ0) is 36.4. The maximum absolute atomic E-state index is 12.9. The number of nitrogens with zero attached hydrogens (tertiary/aromatic N) is 1. The van der Waals surface area contributed by atoms with Crippen molar-refractivity contribution in [1.82, 2.24) is 4.90 Å². The van der Waals surface area contributed by atoms with Crippen molar-refractivity contribution < 1.29 is 19.1 Å². The zero-order valence-corrected chi connectivity index (χ0v) is 33.9. The van der Waals surface area contributed by atoms with Crippen LogP contribution < -0.4 is 5.73 Å². The number of ether oxygens (including phenoxy) is 2. The number of carbonyl (C=O) groups excluding carboxylic acids is 2. The largest absolute Gasteiger partial charge is 0.466 e. The number of hydrogen-bond donors (Lipinski definition) is 1. The standard InChI is InChI=1S/C44H86N2O4/c1-4-7-10-13-16-17-18-21-27-39-49-42(47)32-28-34-44(35-37-46(40-44)38-36-45)33-26-22-25-31-43(48)50-41(29-23-19-14-11-8-5-2)30-24-20-15-12-9-6-3/h41H,4-40,45H2,1-3H3. The van der Waals surface area contributed by atoms with Crippen molar-refractivity contribution in [3.63, 3.8) is 0 Å². The van der Waals surface area contributed by atoms with E-state index in [-0.39, 0.29) is 23.5 Å². The zero-order valence-electron chi connectivity index (χ0n) is 33.9.